The van der Waals surface area contributed by atoms with E-state index in [9.17, 15) is 0 Å². The van der Waals surface area contributed by atoms with Crippen molar-refractivity contribution >= 4 is 0 Å². The second-order valence-electron chi connectivity index (χ2n) is 4.38. The predicted octanol–water partition coefficient (Wildman–Crippen LogP) is 2.16. The van der Waals surface area contributed by atoms with Crippen LogP contribution in [0.15, 0.2) is 24.4 Å². The van der Waals surface area contributed by atoms with E-state index < -0.39 is 0 Å². The maximum atomic E-state index is 5.69. The minimum absolute atomic E-state index is 0.631. The number of aryl methyl sites for hydroxylation is 2. The second-order valence-corrected chi connectivity index (χ2v) is 4.38. The van der Waals surface area contributed by atoms with Crippen LogP contribution in [0.4, 0.5) is 0 Å². The SMILES string of the molecule is CCc1nc(-c2ccccn2)nc(CC)c1CCN. The first-order valence-electron chi connectivity index (χ1n) is 6.80. The lowest BCUT2D eigenvalue weighted by Gasteiger charge is -2.12. The molecule has 0 aliphatic heterocycles. The fraction of sp³-hybridized carbons (Fsp3) is 0.400. The smallest absolute Gasteiger partial charge is 0.178 e. The Morgan fingerprint density at radius 2 is 1.74 bits per heavy atom. The first-order chi connectivity index (χ1) is 9.30. The van der Waals surface area contributed by atoms with Crippen molar-refractivity contribution in [2.24, 2.45) is 5.73 Å². The summed E-state index contributed by atoms with van der Waals surface area (Å²) in [5.41, 5.74) is 9.92. The van der Waals surface area contributed by atoms with Crippen molar-refractivity contribution in [2.75, 3.05) is 6.54 Å². The van der Waals surface area contributed by atoms with Crippen LogP contribution in [-0.2, 0) is 19.3 Å². The van der Waals surface area contributed by atoms with E-state index in [1.807, 2.05) is 18.2 Å². The lowest BCUT2D eigenvalue weighted by atomic mass is 10.0. The van der Waals surface area contributed by atoms with E-state index in [4.69, 9.17) is 5.73 Å². The van der Waals surface area contributed by atoms with Crippen molar-refractivity contribution < 1.29 is 0 Å². The van der Waals surface area contributed by atoms with Crippen LogP contribution in [0, 0.1) is 0 Å². The first-order valence-corrected chi connectivity index (χ1v) is 6.80. The molecule has 0 radical (unpaired) electrons. The van der Waals surface area contributed by atoms with Crippen LogP contribution in [0.3, 0.4) is 0 Å². The highest BCUT2D eigenvalue weighted by Crippen LogP contribution is 2.19. The summed E-state index contributed by atoms with van der Waals surface area (Å²) in [6.45, 7) is 4.86. The molecule has 0 fully saturated rings. The Kier molecular flexibility index (Phi) is 4.58. The Morgan fingerprint density at radius 1 is 1.05 bits per heavy atom. The van der Waals surface area contributed by atoms with Crippen LogP contribution in [0.5, 0.6) is 0 Å². The molecule has 100 valence electrons. The molecule has 2 aromatic heterocycles. The van der Waals surface area contributed by atoms with Gasteiger partial charge in [0.25, 0.3) is 0 Å². The standard InChI is InChI=1S/C15H20N4/c1-3-12-11(8-9-16)13(4-2)19-15(18-12)14-7-5-6-10-17-14/h5-7,10H,3-4,8-9,16H2,1-2H3. The summed E-state index contributed by atoms with van der Waals surface area (Å²) in [6.07, 6.45) is 4.40. The van der Waals surface area contributed by atoms with Gasteiger partial charge in [-0.25, -0.2) is 9.97 Å². The lowest BCUT2D eigenvalue weighted by Crippen LogP contribution is -2.12. The van der Waals surface area contributed by atoms with Crippen LogP contribution < -0.4 is 5.73 Å². The minimum Gasteiger partial charge on any atom is -0.330 e. The summed E-state index contributed by atoms with van der Waals surface area (Å²) in [6, 6.07) is 5.79. The quantitative estimate of drug-likeness (QED) is 0.890. The highest BCUT2D eigenvalue weighted by molar-refractivity contribution is 5.50. The van der Waals surface area contributed by atoms with Crippen molar-refractivity contribution in [2.45, 2.75) is 33.1 Å². The fourth-order valence-corrected chi connectivity index (χ4v) is 2.21. The molecule has 2 aromatic rings. The zero-order chi connectivity index (χ0) is 13.7. The minimum atomic E-state index is 0.631. The van der Waals surface area contributed by atoms with Crippen molar-refractivity contribution in [3.63, 3.8) is 0 Å². The van der Waals surface area contributed by atoms with E-state index >= 15 is 0 Å². The van der Waals surface area contributed by atoms with Crippen LogP contribution in [-0.4, -0.2) is 21.5 Å². The molecule has 0 atom stereocenters. The third kappa shape index (κ3) is 2.96. The average Bonchev–Trinajstić information content (AvgIpc) is 2.48. The number of pyridine rings is 1. The second kappa shape index (κ2) is 6.38. The van der Waals surface area contributed by atoms with Gasteiger partial charge < -0.3 is 5.73 Å². The number of nitrogens with zero attached hydrogens (tertiary/aromatic N) is 3. The molecule has 0 amide bonds. The summed E-state index contributed by atoms with van der Waals surface area (Å²) in [5, 5.41) is 0. The first kappa shape index (κ1) is 13.6. The summed E-state index contributed by atoms with van der Waals surface area (Å²) in [4.78, 5) is 13.6. The van der Waals surface area contributed by atoms with Crippen LogP contribution in [0.25, 0.3) is 11.5 Å². The van der Waals surface area contributed by atoms with Gasteiger partial charge in [-0.15, -0.1) is 0 Å². The summed E-state index contributed by atoms with van der Waals surface area (Å²) >= 11 is 0. The molecule has 0 bridgehead atoms. The van der Waals surface area contributed by atoms with Gasteiger partial charge in [-0.1, -0.05) is 19.9 Å². The highest BCUT2D eigenvalue weighted by Gasteiger charge is 2.13. The van der Waals surface area contributed by atoms with Crippen molar-refractivity contribution in [3.05, 3.63) is 41.3 Å². The lowest BCUT2D eigenvalue weighted by molar-refractivity contribution is 0.843. The van der Waals surface area contributed by atoms with Gasteiger partial charge >= 0.3 is 0 Å². The molecule has 0 unspecified atom stereocenters. The largest absolute Gasteiger partial charge is 0.330 e. The zero-order valence-electron chi connectivity index (χ0n) is 11.6. The Morgan fingerprint density at radius 3 is 2.21 bits per heavy atom. The molecular weight excluding hydrogens is 236 g/mol. The molecule has 0 saturated heterocycles. The molecule has 0 aliphatic carbocycles. The Labute approximate surface area is 114 Å². The van der Waals surface area contributed by atoms with Gasteiger partial charge in [0.05, 0.1) is 0 Å². The Bertz CT molecular complexity index is 512. The fourth-order valence-electron chi connectivity index (χ4n) is 2.21. The predicted molar refractivity (Wildman–Crippen MR) is 76.8 cm³/mol. The monoisotopic (exact) mass is 256 g/mol. The molecule has 2 N–H and O–H groups in total. The van der Waals surface area contributed by atoms with E-state index in [0.29, 0.717) is 6.54 Å². The maximum absolute atomic E-state index is 5.69. The molecule has 0 aromatic carbocycles. The summed E-state index contributed by atoms with van der Waals surface area (Å²) < 4.78 is 0. The number of nitrogens with two attached hydrogens (primary N) is 1. The molecule has 4 heteroatoms. The van der Waals surface area contributed by atoms with Crippen molar-refractivity contribution in [3.8, 4) is 11.5 Å². The van der Waals surface area contributed by atoms with E-state index in [2.05, 4.69) is 28.8 Å². The van der Waals surface area contributed by atoms with Crippen molar-refractivity contribution in [1.82, 2.24) is 15.0 Å². The Hall–Kier alpha value is -1.81. The number of aromatic nitrogens is 3. The number of hydrogen-bond donors (Lipinski definition) is 1. The van der Waals surface area contributed by atoms with Crippen LogP contribution in [0.2, 0.25) is 0 Å². The van der Waals surface area contributed by atoms with Gasteiger partial charge in [0.15, 0.2) is 5.82 Å². The van der Waals surface area contributed by atoms with Gasteiger partial charge in [-0.3, -0.25) is 4.98 Å². The molecule has 0 aliphatic rings. The molecule has 2 rings (SSSR count). The highest BCUT2D eigenvalue weighted by atomic mass is 14.9. The van der Waals surface area contributed by atoms with Gasteiger partial charge in [0, 0.05) is 17.6 Å². The van der Waals surface area contributed by atoms with Gasteiger partial charge in [-0.05, 0) is 43.5 Å². The summed E-state index contributed by atoms with van der Waals surface area (Å²) in [7, 11) is 0. The number of rotatable bonds is 5. The van der Waals surface area contributed by atoms with E-state index in [1.54, 1.807) is 6.20 Å². The summed E-state index contributed by atoms with van der Waals surface area (Å²) in [5.74, 6) is 0.718. The molecule has 4 nitrogen and oxygen atoms in total. The normalized spacial score (nSPS) is 10.7. The van der Waals surface area contributed by atoms with E-state index in [0.717, 1.165) is 42.2 Å². The average molecular weight is 256 g/mol. The Balaban J connectivity index is 2.53. The maximum Gasteiger partial charge on any atom is 0.178 e. The van der Waals surface area contributed by atoms with Crippen LogP contribution in [0.1, 0.15) is 30.8 Å². The molecular formula is C15H20N4. The molecule has 0 saturated carbocycles. The number of hydrogen-bond acceptors (Lipinski definition) is 4. The molecule has 2 heterocycles. The van der Waals surface area contributed by atoms with Crippen molar-refractivity contribution in [1.29, 1.82) is 0 Å². The molecule has 0 spiro atoms. The van der Waals surface area contributed by atoms with Gasteiger partial charge in [0.2, 0.25) is 0 Å². The van der Waals surface area contributed by atoms with Gasteiger partial charge in [0.1, 0.15) is 5.69 Å². The third-order valence-corrected chi connectivity index (χ3v) is 3.14. The molecule has 19 heavy (non-hydrogen) atoms. The van der Waals surface area contributed by atoms with E-state index in [1.165, 1.54) is 5.56 Å². The third-order valence-electron chi connectivity index (χ3n) is 3.14. The van der Waals surface area contributed by atoms with E-state index in [-0.39, 0.29) is 0 Å². The van der Waals surface area contributed by atoms with Crippen LogP contribution >= 0.6 is 0 Å². The zero-order valence-corrected chi connectivity index (χ0v) is 11.6. The topological polar surface area (TPSA) is 64.7 Å². The van der Waals surface area contributed by atoms with Gasteiger partial charge in [-0.2, -0.15) is 0 Å².